The Hall–Kier alpha value is -0.0800. The Kier molecular flexibility index (Phi) is 1.86. The fraction of sp³-hybridized carbons (Fsp3) is 0. The van der Waals surface area contributed by atoms with E-state index in [-0.39, 0.29) is 4.75 Å². The molecule has 0 aliphatic carbocycles. The molecule has 0 N–H and O–H groups in total. The monoisotopic (exact) mass is 152 g/mol. The smallest absolute Gasteiger partial charge is 0.300 e. The molecule has 0 spiro atoms. The lowest BCUT2D eigenvalue weighted by molar-refractivity contribution is -0.235. The van der Waals surface area contributed by atoms with Gasteiger partial charge in [0.15, 0.2) is 0 Å². The fourth-order valence-electron chi connectivity index (χ4n) is 0.244. The van der Waals surface area contributed by atoms with Gasteiger partial charge in [-0.05, 0) is 11.6 Å². The molecule has 0 aromatic heterocycles. The summed E-state index contributed by atoms with van der Waals surface area (Å²) >= 11 is 5.31. The van der Waals surface area contributed by atoms with E-state index >= 15 is 0 Å². The second-order valence-corrected chi connectivity index (χ2v) is 2.87. The van der Waals surface area contributed by atoms with Crippen molar-refractivity contribution in [2.45, 2.75) is 0 Å². The van der Waals surface area contributed by atoms with Gasteiger partial charge in [-0.2, -0.15) is 0 Å². The van der Waals surface area contributed by atoms with Crippen LogP contribution in [0.4, 0.5) is 0 Å². The van der Waals surface area contributed by atoms with Crippen LogP contribution >= 0.6 is 19.6 Å². The molecule has 1 rings (SSSR count). The molecule has 0 radical (unpaired) electrons. The van der Waals surface area contributed by atoms with Gasteiger partial charge in [-0.3, -0.25) is 0 Å². The largest absolute Gasteiger partial charge is 0.598 e. The molecule has 1 aliphatic heterocycles. The predicted octanol–water partition coefficient (Wildman–Crippen LogP) is 0.503. The third kappa shape index (κ3) is 1.20. The summed E-state index contributed by atoms with van der Waals surface area (Å²) in [6, 6.07) is 0. The van der Waals surface area contributed by atoms with Gasteiger partial charge >= 0.3 is 0 Å². The van der Waals surface area contributed by atoms with E-state index in [0.717, 1.165) is 0 Å². The quantitative estimate of drug-likeness (QED) is 0.375. The van der Waals surface area contributed by atoms with Crippen LogP contribution in [0.25, 0.3) is 0 Å². The first kappa shape index (κ1) is 6.05. The van der Waals surface area contributed by atoms with Gasteiger partial charge in [0.1, 0.15) is 6.26 Å². The van der Waals surface area contributed by atoms with Crippen LogP contribution in [0.1, 0.15) is 0 Å². The Labute approximate surface area is 52.0 Å². The van der Waals surface area contributed by atoms with Gasteiger partial charge in [0, 0.05) is 10.8 Å². The van der Waals surface area contributed by atoms with Gasteiger partial charge in [-0.15, -0.1) is 0 Å². The molecule has 0 saturated heterocycles. The van der Waals surface area contributed by atoms with Crippen LogP contribution in [0.5, 0.6) is 0 Å². The van der Waals surface area contributed by atoms with Gasteiger partial charge in [-0.25, -0.2) is 0 Å². The maximum absolute atomic E-state index is 10.4. The molecule has 0 bridgehead atoms. The summed E-state index contributed by atoms with van der Waals surface area (Å²) in [6.07, 6.45) is 2.60. The average Bonchev–Trinajstić information content (AvgIpc) is 1.77. The molecular formula is C3H2ClO3P. The van der Waals surface area contributed by atoms with Crippen LogP contribution in [0.15, 0.2) is 12.3 Å². The summed E-state index contributed by atoms with van der Waals surface area (Å²) in [5, 5.41) is 0. The third-order valence-corrected chi connectivity index (χ3v) is 1.81. The van der Waals surface area contributed by atoms with E-state index < -0.39 is 8.00 Å². The molecule has 1 unspecified atom stereocenters. The molecule has 1 atom stereocenters. The molecule has 0 aromatic rings. The van der Waals surface area contributed by atoms with E-state index in [1.54, 1.807) is 0 Å². The second kappa shape index (κ2) is 2.46. The SMILES string of the molecule is [O-][P+]1=C(Cl)C=COO1. The zero-order chi connectivity index (χ0) is 5.98. The van der Waals surface area contributed by atoms with Crippen molar-refractivity contribution in [2.75, 3.05) is 0 Å². The Balaban J connectivity index is 2.76. The van der Waals surface area contributed by atoms with Crippen molar-refractivity contribution < 1.29 is 14.5 Å². The molecule has 1 heterocycles. The molecule has 0 saturated carbocycles. The molecular weight excluding hydrogens is 150 g/mol. The van der Waals surface area contributed by atoms with E-state index in [1.165, 1.54) is 12.3 Å². The summed E-state index contributed by atoms with van der Waals surface area (Å²) in [5.41, 5.74) is 0. The molecule has 5 heteroatoms. The van der Waals surface area contributed by atoms with E-state index in [9.17, 15) is 4.89 Å². The zero-order valence-corrected chi connectivity index (χ0v) is 5.35. The summed E-state index contributed by atoms with van der Waals surface area (Å²) in [4.78, 5) is 14.6. The van der Waals surface area contributed by atoms with E-state index in [2.05, 4.69) is 9.56 Å². The van der Waals surface area contributed by atoms with Gasteiger partial charge in [0.2, 0.25) is 4.75 Å². The zero-order valence-electron chi connectivity index (χ0n) is 3.70. The first-order valence-electron chi connectivity index (χ1n) is 1.80. The van der Waals surface area contributed by atoms with Gasteiger partial charge in [0.25, 0.3) is 8.00 Å². The normalized spacial score (nSPS) is 23.2. The van der Waals surface area contributed by atoms with Crippen LogP contribution in [-0.2, 0) is 9.56 Å². The first-order valence-corrected chi connectivity index (χ1v) is 3.36. The van der Waals surface area contributed by atoms with Crippen LogP contribution < -0.4 is 4.89 Å². The Morgan fingerprint density at radius 2 is 2.50 bits per heavy atom. The highest BCUT2D eigenvalue weighted by Crippen LogP contribution is 2.22. The highest BCUT2D eigenvalue weighted by molar-refractivity contribution is 7.52. The lowest BCUT2D eigenvalue weighted by atomic mass is 10.7. The van der Waals surface area contributed by atoms with Crippen molar-refractivity contribution in [1.29, 1.82) is 0 Å². The molecule has 3 nitrogen and oxygen atoms in total. The maximum atomic E-state index is 10.4. The third-order valence-electron chi connectivity index (χ3n) is 0.546. The number of hydrogen-bond donors (Lipinski definition) is 0. The van der Waals surface area contributed by atoms with Crippen molar-refractivity contribution in [2.24, 2.45) is 0 Å². The number of rotatable bonds is 0. The maximum Gasteiger partial charge on any atom is 0.300 e. The summed E-state index contributed by atoms with van der Waals surface area (Å²) in [5.74, 6) is 0. The second-order valence-electron chi connectivity index (χ2n) is 1.05. The van der Waals surface area contributed by atoms with Crippen LogP contribution in [0.3, 0.4) is 0 Å². The average molecular weight is 152 g/mol. The van der Waals surface area contributed by atoms with Gasteiger partial charge < -0.3 is 9.78 Å². The Bertz CT molecular complexity index is 153. The summed E-state index contributed by atoms with van der Waals surface area (Å²) in [6.45, 7) is 0. The molecule has 0 fully saturated rings. The first-order chi connectivity index (χ1) is 3.80. The Morgan fingerprint density at radius 3 is 2.88 bits per heavy atom. The van der Waals surface area contributed by atoms with Gasteiger partial charge in [-0.1, -0.05) is 0 Å². The van der Waals surface area contributed by atoms with Gasteiger partial charge in [0.05, 0.1) is 0 Å². The molecule has 0 aromatic carbocycles. The van der Waals surface area contributed by atoms with E-state index in [1.807, 2.05) is 0 Å². The molecule has 8 heavy (non-hydrogen) atoms. The molecule has 1 aliphatic rings. The molecule has 0 amide bonds. The minimum absolute atomic E-state index is 0.172. The molecule has 44 valence electrons. The number of allylic oxidation sites excluding steroid dienone is 1. The fourth-order valence-corrected chi connectivity index (χ4v) is 0.762. The standard InChI is InChI=1S/C3H2ClO3P/c4-3-1-2-6-7-8(3)5/h1-2H. The summed E-state index contributed by atoms with van der Waals surface area (Å²) < 4.78 is 4.32. The highest BCUT2D eigenvalue weighted by Gasteiger charge is 2.10. The van der Waals surface area contributed by atoms with Crippen LogP contribution in [-0.4, -0.2) is 4.75 Å². The number of hydrogen-bond acceptors (Lipinski definition) is 3. The summed E-state index contributed by atoms with van der Waals surface area (Å²) in [7, 11) is -1.93. The van der Waals surface area contributed by atoms with Crippen LogP contribution in [0.2, 0.25) is 0 Å². The highest BCUT2D eigenvalue weighted by atomic mass is 35.5. The van der Waals surface area contributed by atoms with Crippen LogP contribution in [0, 0.1) is 0 Å². The van der Waals surface area contributed by atoms with Crippen molar-refractivity contribution in [3.05, 3.63) is 12.3 Å². The minimum atomic E-state index is -1.93. The minimum Gasteiger partial charge on any atom is -0.598 e. The van der Waals surface area contributed by atoms with Crippen molar-refractivity contribution >= 4 is 24.4 Å². The topological polar surface area (TPSA) is 41.5 Å². The van der Waals surface area contributed by atoms with Crippen molar-refractivity contribution in [1.82, 2.24) is 0 Å². The lowest BCUT2D eigenvalue weighted by Crippen LogP contribution is -2.00. The van der Waals surface area contributed by atoms with Crippen molar-refractivity contribution in [3.63, 3.8) is 0 Å². The lowest BCUT2D eigenvalue weighted by Gasteiger charge is -1.98. The van der Waals surface area contributed by atoms with Crippen molar-refractivity contribution in [3.8, 4) is 0 Å². The Morgan fingerprint density at radius 1 is 1.75 bits per heavy atom. The van der Waals surface area contributed by atoms with E-state index in [4.69, 9.17) is 11.6 Å². The van der Waals surface area contributed by atoms with E-state index in [0.29, 0.717) is 0 Å². The number of halogens is 1. The predicted molar refractivity (Wildman–Crippen MR) is 29.1 cm³/mol.